The van der Waals surface area contributed by atoms with E-state index in [1.54, 1.807) is 28.4 Å². The summed E-state index contributed by atoms with van der Waals surface area (Å²) in [4.78, 5) is 15.9. The second-order valence-electron chi connectivity index (χ2n) is 7.00. The third kappa shape index (κ3) is 4.63. The fourth-order valence-electron chi connectivity index (χ4n) is 3.35. The van der Waals surface area contributed by atoms with Crippen LogP contribution in [0, 0.1) is 0 Å². The number of rotatable bonds is 6. The summed E-state index contributed by atoms with van der Waals surface area (Å²) in [6.07, 6.45) is -0.288. The summed E-state index contributed by atoms with van der Waals surface area (Å²) < 4.78 is 33.0. The first kappa shape index (κ1) is 21.0. The largest absolute Gasteiger partial charge is 0.373 e. The predicted molar refractivity (Wildman–Crippen MR) is 110 cm³/mol. The molecule has 2 heterocycles. The summed E-state index contributed by atoms with van der Waals surface area (Å²) in [5, 5.41) is 1.99. The number of carbonyl (C=O) groups excluding carboxylic acids is 1. The van der Waals surface area contributed by atoms with E-state index in [0.717, 1.165) is 4.88 Å². The molecule has 28 heavy (non-hydrogen) atoms. The summed E-state index contributed by atoms with van der Waals surface area (Å²) >= 11 is 1.61. The maximum Gasteiger partial charge on any atom is 0.254 e. The zero-order valence-electron chi connectivity index (χ0n) is 16.4. The summed E-state index contributed by atoms with van der Waals surface area (Å²) in [6, 6.07) is 10.2. The molecule has 0 aliphatic carbocycles. The van der Waals surface area contributed by atoms with Crippen LogP contribution in [0.15, 0.2) is 46.7 Å². The van der Waals surface area contributed by atoms with Crippen LogP contribution < -0.4 is 0 Å². The minimum Gasteiger partial charge on any atom is -0.373 e. The number of carbonyl (C=O) groups is 1. The zero-order valence-corrected chi connectivity index (χ0v) is 18.0. The van der Waals surface area contributed by atoms with Crippen molar-refractivity contribution in [2.75, 3.05) is 19.6 Å². The maximum absolute atomic E-state index is 12.9. The number of benzene rings is 1. The topological polar surface area (TPSA) is 66.9 Å². The van der Waals surface area contributed by atoms with Gasteiger partial charge in [-0.1, -0.05) is 6.07 Å². The van der Waals surface area contributed by atoms with Crippen molar-refractivity contribution in [1.82, 2.24) is 9.21 Å². The Balaban J connectivity index is 1.75. The van der Waals surface area contributed by atoms with Crippen molar-refractivity contribution < 1.29 is 17.9 Å². The molecule has 152 valence electrons. The lowest BCUT2D eigenvalue weighted by molar-refractivity contribution is -0.0440. The van der Waals surface area contributed by atoms with E-state index in [-0.39, 0.29) is 23.0 Å². The maximum atomic E-state index is 12.9. The molecule has 1 aliphatic rings. The van der Waals surface area contributed by atoms with E-state index in [9.17, 15) is 13.2 Å². The van der Waals surface area contributed by atoms with E-state index in [2.05, 4.69) is 0 Å². The third-order valence-electron chi connectivity index (χ3n) is 4.72. The van der Waals surface area contributed by atoms with Gasteiger partial charge in [0.2, 0.25) is 10.0 Å². The van der Waals surface area contributed by atoms with Gasteiger partial charge >= 0.3 is 0 Å². The Hall–Kier alpha value is -1.74. The molecule has 8 heteroatoms. The Bertz CT molecular complexity index is 885. The molecule has 3 rings (SSSR count). The Labute approximate surface area is 170 Å². The molecule has 0 N–H and O–H groups in total. The summed E-state index contributed by atoms with van der Waals surface area (Å²) in [7, 11) is -3.61. The molecule has 2 atom stereocenters. The van der Waals surface area contributed by atoms with E-state index in [0.29, 0.717) is 31.7 Å². The normalized spacial score (nSPS) is 20.8. The van der Waals surface area contributed by atoms with Crippen molar-refractivity contribution >= 4 is 27.3 Å². The van der Waals surface area contributed by atoms with Crippen LogP contribution in [0.1, 0.15) is 36.0 Å². The molecule has 2 aromatic rings. The number of thiophene rings is 1. The molecule has 0 saturated carbocycles. The van der Waals surface area contributed by atoms with Gasteiger partial charge in [0.15, 0.2) is 0 Å². The van der Waals surface area contributed by atoms with E-state index in [4.69, 9.17) is 4.74 Å². The van der Waals surface area contributed by atoms with Crippen LogP contribution in [0.2, 0.25) is 0 Å². The van der Waals surface area contributed by atoms with Gasteiger partial charge in [-0.15, -0.1) is 11.3 Å². The Kier molecular flexibility index (Phi) is 6.54. The number of nitrogens with zero attached hydrogens (tertiary/aromatic N) is 2. The lowest BCUT2D eigenvalue weighted by atomic mass is 10.2. The molecule has 1 aromatic heterocycles. The van der Waals surface area contributed by atoms with Crippen LogP contribution in [-0.2, 0) is 21.3 Å². The number of ether oxygens (including phenoxy) is 1. The van der Waals surface area contributed by atoms with Gasteiger partial charge in [-0.2, -0.15) is 4.31 Å². The third-order valence-corrected chi connectivity index (χ3v) is 7.43. The molecular weight excluding hydrogens is 396 g/mol. The van der Waals surface area contributed by atoms with Gasteiger partial charge in [-0.3, -0.25) is 4.79 Å². The van der Waals surface area contributed by atoms with Crippen molar-refractivity contribution in [3.63, 3.8) is 0 Å². The van der Waals surface area contributed by atoms with Gasteiger partial charge in [0, 0.05) is 30.1 Å². The fraction of sp³-hybridized carbons (Fsp3) is 0.450. The second kappa shape index (κ2) is 8.73. The number of hydrogen-bond donors (Lipinski definition) is 0. The van der Waals surface area contributed by atoms with Gasteiger partial charge in [0.25, 0.3) is 5.91 Å². The Morgan fingerprint density at radius 1 is 1.18 bits per heavy atom. The molecule has 1 aromatic carbocycles. The minimum absolute atomic E-state index is 0.103. The van der Waals surface area contributed by atoms with Gasteiger partial charge in [0.05, 0.1) is 23.6 Å². The average molecular weight is 423 g/mol. The van der Waals surface area contributed by atoms with E-state index < -0.39 is 10.0 Å². The molecule has 1 saturated heterocycles. The molecule has 0 spiro atoms. The Morgan fingerprint density at radius 2 is 1.82 bits per heavy atom. The lowest BCUT2D eigenvalue weighted by Gasteiger charge is -2.34. The van der Waals surface area contributed by atoms with Crippen molar-refractivity contribution in [1.29, 1.82) is 0 Å². The first-order valence-electron chi connectivity index (χ1n) is 9.38. The van der Waals surface area contributed by atoms with Gasteiger partial charge in [0.1, 0.15) is 0 Å². The monoisotopic (exact) mass is 422 g/mol. The van der Waals surface area contributed by atoms with Crippen molar-refractivity contribution in [2.24, 2.45) is 0 Å². The Morgan fingerprint density at radius 3 is 2.36 bits per heavy atom. The number of hydrogen-bond acceptors (Lipinski definition) is 5. The fourth-order valence-corrected chi connectivity index (χ4v) is 5.66. The molecule has 6 nitrogen and oxygen atoms in total. The highest BCUT2D eigenvalue weighted by Crippen LogP contribution is 2.22. The molecular formula is C20H26N2O4S2. The molecule has 1 aliphatic heterocycles. The van der Waals surface area contributed by atoms with Gasteiger partial charge < -0.3 is 9.64 Å². The second-order valence-corrected chi connectivity index (χ2v) is 9.97. The molecule has 0 radical (unpaired) electrons. The zero-order chi connectivity index (χ0) is 20.3. The minimum atomic E-state index is -3.61. The first-order chi connectivity index (χ1) is 13.3. The molecule has 1 fully saturated rings. The van der Waals surface area contributed by atoms with Crippen LogP contribution in [0.4, 0.5) is 0 Å². The van der Waals surface area contributed by atoms with Crippen LogP contribution >= 0.6 is 11.3 Å². The van der Waals surface area contributed by atoms with Gasteiger partial charge in [-0.05, 0) is 56.5 Å². The summed E-state index contributed by atoms with van der Waals surface area (Å²) in [5.41, 5.74) is 0.487. The highest BCUT2D eigenvalue weighted by Gasteiger charge is 2.32. The van der Waals surface area contributed by atoms with E-state index in [1.165, 1.54) is 16.4 Å². The molecule has 1 amide bonds. The summed E-state index contributed by atoms with van der Waals surface area (Å²) in [6.45, 7) is 7.47. The smallest absolute Gasteiger partial charge is 0.254 e. The molecule has 0 bridgehead atoms. The first-order valence-corrected chi connectivity index (χ1v) is 11.7. The predicted octanol–water partition coefficient (Wildman–Crippen LogP) is 3.21. The van der Waals surface area contributed by atoms with Crippen molar-refractivity contribution in [2.45, 2.75) is 44.4 Å². The SMILES string of the molecule is CCN(Cc1cccs1)C(=O)c1ccc(S(=O)(=O)N2C[C@H](C)O[C@@H](C)C2)cc1. The van der Waals surface area contributed by atoms with Crippen LogP contribution in [0.5, 0.6) is 0 Å². The number of sulfonamides is 1. The van der Waals surface area contributed by atoms with E-state index in [1.807, 2.05) is 38.3 Å². The standard InChI is InChI=1S/C20H26N2O4S2/c1-4-21(14-18-6-5-11-27-18)20(23)17-7-9-19(10-8-17)28(24,25)22-12-15(2)26-16(3)13-22/h5-11,15-16H,4,12-14H2,1-3H3/t15-,16-/m0/s1. The summed E-state index contributed by atoms with van der Waals surface area (Å²) in [5.74, 6) is -0.103. The van der Waals surface area contributed by atoms with Crippen LogP contribution in [0.25, 0.3) is 0 Å². The highest BCUT2D eigenvalue weighted by molar-refractivity contribution is 7.89. The lowest BCUT2D eigenvalue weighted by Crippen LogP contribution is -2.48. The van der Waals surface area contributed by atoms with Crippen LogP contribution in [0.3, 0.4) is 0 Å². The van der Waals surface area contributed by atoms with Crippen molar-refractivity contribution in [3.8, 4) is 0 Å². The van der Waals surface area contributed by atoms with Crippen molar-refractivity contribution in [3.05, 3.63) is 52.2 Å². The van der Waals surface area contributed by atoms with Crippen LogP contribution in [-0.4, -0.2) is 55.4 Å². The number of morpholine rings is 1. The molecule has 0 unspecified atom stereocenters. The quantitative estimate of drug-likeness (QED) is 0.717. The average Bonchev–Trinajstić information content (AvgIpc) is 3.18. The van der Waals surface area contributed by atoms with E-state index >= 15 is 0 Å². The highest BCUT2D eigenvalue weighted by atomic mass is 32.2. The number of amides is 1. The van der Waals surface area contributed by atoms with Gasteiger partial charge in [-0.25, -0.2) is 8.42 Å².